The van der Waals surface area contributed by atoms with Gasteiger partial charge < -0.3 is 5.32 Å². The van der Waals surface area contributed by atoms with E-state index in [2.05, 4.69) is 10.3 Å². The monoisotopic (exact) mass is 490 g/mol. The molecule has 3 aromatic rings. The molecule has 1 N–H and O–H groups in total. The minimum absolute atomic E-state index is 0.0219. The van der Waals surface area contributed by atoms with Gasteiger partial charge in [0.1, 0.15) is 5.00 Å². The molecule has 6 nitrogen and oxygen atoms in total. The number of hydrogen-bond acceptors (Lipinski definition) is 6. The van der Waals surface area contributed by atoms with Crippen molar-refractivity contribution in [2.75, 3.05) is 11.1 Å². The average Bonchev–Trinajstić information content (AvgIpc) is 3.22. The third kappa shape index (κ3) is 5.43. The van der Waals surface area contributed by atoms with Crippen LogP contribution in [0.3, 0.4) is 0 Å². The predicted molar refractivity (Wildman–Crippen MR) is 127 cm³/mol. The fraction of sp³-hybridized carbons (Fsp3) is 0.261. The molecule has 32 heavy (non-hydrogen) atoms. The molecule has 0 fully saturated rings. The fourth-order valence-electron chi connectivity index (χ4n) is 3.05. The Morgan fingerprint density at radius 3 is 2.28 bits per heavy atom. The van der Waals surface area contributed by atoms with E-state index in [1.807, 2.05) is 26.0 Å². The van der Waals surface area contributed by atoms with Crippen LogP contribution < -0.4 is 5.32 Å². The second-order valence-corrected chi connectivity index (χ2v) is 11.5. The molecule has 3 rings (SSSR count). The van der Waals surface area contributed by atoms with Crippen LogP contribution in [-0.2, 0) is 26.5 Å². The van der Waals surface area contributed by atoms with E-state index in [-0.39, 0.29) is 28.8 Å². The molecule has 0 saturated heterocycles. The number of hydrogen-bond donors (Lipinski definition) is 1. The summed E-state index contributed by atoms with van der Waals surface area (Å²) in [6.45, 7) is 5.22. The van der Waals surface area contributed by atoms with Gasteiger partial charge in [-0.2, -0.15) is 0 Å². The van der Waals surface area contributed by atoms with Crippen molar-refractivity contribution in [1.82, 2.24) is 4.98 Å². The summed E-state index contributed by atoms with van der Waals surface area (Å²) in [6.07, 6.45) is 1.54. The maximum atomic E-state index is 13.0. The van der Waals surface area contributed by atoms with E-state index in [1.165, 1.54) is 18.3 Å². The molecular formula is C23H23ClN2O4S2. The van der Waals surface area contributed by atoms with E-state index in [9.17, 15) is 18.0 Å². The van der Waals surface area contributed by atoms with Crippen molar-refractivity contribution >= 4 is 49.5 Å². The lowest BCUT2D eigenvalue weighted by Gasteiger charge is -2.22. The summed E-state index contributed by atoms with van der Waals surface area (Å²) in [5.74, 6) is -0.414. The second kappa shape index (κ2) is 9.52. The van der Waals surface area contributed by atoms with Crippen LogP contribution in [0.4, 0.5) is 5.00 Å². The van der Waals surface area contributed by atoms with Gasteiger partial charge in [0.15, 0.2) is 14.8 Å². The quantitative estimate of drug-likeness (QED) is 0.452. The van der Waals surface area contributed by atoms with Gasteiger partial charge in [0, 0.05) is 5.02 Å². The smallest absolute Gasteiger partial charge is 0.229 e. The molecule has 1 heterocycles. The van der Waals surface area contributed by atoms with E-state index in [4.69, 9.17) is 11.6 Å². The molecule has 0 saturated carbocycles. The van der Waals surface area contributed by atoms with Crippen molar-refractivity contribution in [1.29, 1.82) is 0 Å². The minimum atomic E-state index is -3.28. The van der Waals surface area contributed by atoms with Crippen molar-refractivity contribution < 1.29 is 18.0 Å². The fourth-order valence-corrected chi connectivity index (χ4v) is 4.99. The van der Waals surface area contributed by atoms with Crippen LogP contribution in [0.2, 0.25) is 5.02 Å². The number of Topliss-reactive ketones (excluding diaryl/α,β-unsaturated/α-hetero) is 1. The van der Waals surface area contributed by atoms with E-state index >= 15 is 0 Å². The first-order chi connectivity index (χ1) is 15.0. The van der Waals surface area contributed by atoms with Crippen LogP contribution in [0.25, 0.3) is 0 Å². The molecule has 0 bridgehead atoms. The number of nitrogens with one attached hydrogen (secondary N) is 1. The van der Waals surface area contributed by atoms with Crippen LogP contribution in [0, 0.1) is 0 Å². The highest BCUT2D eigenvalue weighted by Gasteiger charge is 2.32. The van der Waals surface area contributed by atoms with Crippen molar-refractivity contribution in [3.05, 3.63) is 75.9 Å². The Morgan fingerprint density at radius 1 is 1.06 bits per heavy atom. The van der Waals surface area contributed by atoms with E-state index in [0.29, 0.717) is 20.6 Å². The lowest BCUT2D eigenvalue weighted by atomic mass is 9.81. The third-order valence-electron chi connectivity index (χ3n) is 5.12. The van der Waals surface area contributed by atoms with Crippen molar-refractivity contribution in [3.63, 3.8) is 0 Å². The first-order valence-electron chi connectivity index (χ1n) is 9.91. The lowest BCUT2D eigenvalue weighted by Crippen LogP contribution is -2.29. The zero-order valence-electron chi connectivity index (χ0n) is 17.9. The minimum Gasteiger partial charge on any atom is -0.316 e. The number of nitrogens with zero attached hydrogens (tertiary/aromatic N) is 1. The van der Waals surface area contributed by atoms with E-state index < -0.39 is 15.3 Å². The van der Waals surface area contributed by atoms with Gasteiger partial charge in [-0.3, -0.25) is 9.59 Å². The Bertz CT molecular complexity index is 1230. The first kappa shape index (κ1) is 24.1. The highest BCUT2D eigenvalue weighted by Crippen LogP contribution is 2.31. The normalized spacial score (nSPS) is 11.9. The van der Waals surface area contributed by atoms with Gasteiger partial charge in [0.2, 0.25) is 11.7 Å². The van der Waals surface area contributed by atoms with Crippen molar-refractivity contribution in [3.8, 4) is 0 Å². The summed E-state index contributed by atoms with van der Waals surface area (Å²) in [6, 6.07) is 13.4. The molecule has 1 amide bonds. The molecular weight excluding hydrogens is 468 g/mol. The second-order valence-electron chi connectivity index (χ2n) is 7.76. The Kier molecular flexibility index (Phi) is 7.17. The summed E-state index contributed by atoms with van der Waals surface area (Å²) in [5.41, 5.74) is 0.702. The van der Waals surface area contributed by atoms with Crippen LogP contribution in [0.1, 0.15) is 41.7 Å². The number of aromatic nitrogens is 1. The molecule has 0 aliphatic carbocycles. The number of rotatable bonds is 8. The maximum absolute atomic E-state index is 13.0. The number of anilines is 1. The molecule has 9 heteroatoms. The Morgan fingerprint density at radius 2 is 1.69 bits per heavy atom. The van der Waals surface area contributed by atoms with Crippen molar-refractivity contribution in [2.24, 2.45) is 0 Å². The Labute approximate surface area is 196 Å². The number of amides is 1. The van der Waals surface area contributed by atoms with E-state index in [1.54, 1.807) is 31.2 Å². The SMILES string of the molecule is CCS(=O)(=O)c1ccc(CC(=O)Nc2cnc(C(=O)C(C)(C)c3ccc(Cl)cc3)s2)cc1. The summed E-state index contributed by atoms with van der Waals surface area (Å²) >= 11 is 7.06. The lowest BCUT2D eigenvalue weighted by molar-refractivity contribution is -0.115. The van der Waals surface area contributed by atoms with Gasteiger partial charge in [-0.25, -0.2) is 13.4 Å². The first-order valence-corrected chi connectivity index (χ1v) is 12.8. The number of benzene rings is 2. The summed E-state index contributed by atoms with van der Waals surface area (Å²) in [5, 5.41) is 4.11. The molecule has 0 aliphatic heterocycles. The van der Waals surface area contributed by atoms with Crippen LogP contribution in [0.15, 0.2) is 59.6 Å². The largest absolute Gasteiger partial charge is 0.316 e. The number of halogens is 1. The number of carbonyl (C=O) groups excluding carboxylic acids is 2. The van der Waals surface area contributed by atoms with Gasteiger partial charge in [-0.05, 0) is 49.2 Å². The highest BCUT2D eigenvalue weighted by molar-refractivity contribution is 7.91. The molecule has 1 aromatic heterocycles. The highest BCUT2D eigenvalue weighted by atomic mass is 35.5. The standard InChI is InChI=1S/C23H23ClN2O4S2/c1-4-32(29,30)18-11-5-15(6-12-18)13-19(27)26-20-14-25-22(31-20)21(28)23(2,3)16-7-9-17(24)10-8-16/h5-12,14H,4,13H2,1-3H3,(H,26,27). The van der Waals surface area contributed by atoms with Gasteiger partial charge in [-0.15, -0.1) is 0 Å². The molecule has 0 radical (unpaired) electrons. The van der Waals surface area contributed by atoms with Gasteiger partial charge >= 0.3 is 0 Å². The molecule has 0 atom stereocenters. The average molecular weight is 491 g/mol. The number of carbonyl (C=O) groups is 2. The summed E-state index contributed by atoms with van der Waals surface area (Å²) in [7, 11) is -3.28. The maximum Gasteiger partial charge on any atom is 0.229 e. The van der Waals surface area contributed by atoms with Gasteiger partial charge in [0.25, 0.3) is 0 Å². The molecule has 0 spiro atoms. The zero-order chi connectivity index (χ0) is 23.5. The van der Waals surface area contributed by atoms with Crippen molar-refractivity contribution in [2.45, 2.75) is 37.5 Å². The molecule has 2 aromatic carbocycles. The van der Waals surface area contributed by atoms with Gasteiger partial charge in [0.05, 0.1) is 28.7 Å². The number of thiazole rings is 1. The molecule has 168 valence electrons. The molecule has 0 aliphatic rings. The molecule has 0 unspecified atom stereocenters. The predicted octanol–water partition coefficient (Wildman–Crippen LogP) is 4.93. The Balaban J connectivity index is 1.66. The van der Waals surface area contributed by atoms with Crippen LogP contribution in [0.5, 0.6) is 0 Å². The van der Waals surface area contributed by atoms with Crippen LogP contribution in [-0.4, -0.2) is 30.8 Å². The summed E-state index contributed by atoms with van der Waals surface area (Å²) in [4.78, 5) is 29.9. The zero-order valence-corrected chi connectivity index (χ0v) is 20.3. The van der Waals surface area contributed by atoms with Crippen LogP contribution >= 0.6 is 22.9 Å². The summed E-state index contributed by atoms with van der Waals surface area (Å²) < 4.78 is 23.8. The third-order valence-corrected chi connectivity index (χ3v) is 8.04. The van der Waals surface area contributed by atoms with E-state index in [0.717, 1.165) is 16.9 Å². The topological polar surface area (TPSA) is 93.2 Å². The Hall–Kier alpha value is -2.55. The number of ketones is 1. The number of sulfone groups is 1. The van der Waals surface area contributed by atoms with Gasteiger partial charge in [-0.1, -0.05) is 54.1 Å².